The fourth-order valence-corrected chi connectivity index (χ4v) is 1.61. The molecule has 1 aromatic carbocycles. The molecule has 0 aliphatic rings. The number of nitrogens with one attached hydrogen (secondary N) is 1. The maximum absolute atomic E-state index is 11.6. The molecule has 1 amide bonds. The smallest absolute Gasteiger partial charge is 0.342 e. The van der Waals surface area contributed by atoms with E-state index in [1.54, 1.807) is 19.9 Å². The number of benzene rings is 1. The first-order valence-corrected chi connectivity index (χ1v) is 6.14. The average Bonchev–Trinajstić information content (AvgIpc) is 2.28. The second-order valence-electron chi connectivity index (χ2n) is 3.96. The van der Waals surface area contributed by atoms with Crippen LogP contribution in [0.2, 0.25) is 0 Å². The number of amides is 1. The predicted molar refractivity (Wildman–Crippen MR) is 69.4 cm³/mol. The molecule has 0 aliphatic carbocycles. The normalized spacial score (nSPS) is 10.2. The zero-order valence-corrected chi connectivity index (χ0v) is 11.7. The van der Waals surface area contributed by atoms with E-state index >= 15 is 0 Å². The SMILES string of the molecule is CC(C)NC(=O)COC(=O)c1cc(Br)ccc1O. The molecule has 0 radical (unpaired) electrons. The first-order valence-electron chi connectivity index (χ1n) is 5.35. The minimum absolute atomic E-state index is 0.0155. The van der Waals surface area contributed by atoms with Gasteiger partial charge < -0.3 is 15.2 Å². The van der Waals surface area contributed by atoms with Gasteiger partial charge in [-0.2, -0.15) is 0 Å². The Labute approximate surface area is 113 Å². The Kier molecular flexibility index (Phi) is 5.15. The minimum atomic E-state index is -0.743. The molecule has 0 atom stereocenters. The van der Waals surface area contributed by atoms with Gasteiger partial charge in [-0.1, -0.05) is 15.9 Å². The monoisotopic (exact) mass is 315 g/mol. The summed E-state index contributed by atoms with van der Waals surface area (Å²) in [5, 5.41) is 12.1. The van der Waals surface area contributed by atoms with Crippen LogP contribution < -0.4 is 5.32 Å². The third-order valence-electron chi connectivity index (χ3n) is 1.96. The van der Waals surface area contributed by atoms with E-state index in [1.165, 1.54) is 12.1 Å². The topological polar surface area (TPSA) is 75.6 Å². The van der Waals surface area contributed by atoms with Crippen molar-refractivity contribution >= 4 is 27.8 Å². The van der Waals surface area contributed by atoms with E-state index in [9.17, 15) is 14.7 Å². The Morgan fingerprint density at radius 3 is 2.72 bits per heavy atom. The molecule has 0 unspecified atom stereocenters. The molecule has 0 aromatic heterocycles. The third kappa shape index (κ3) is 4.37. The van der Waals surface area contributed by atoms with Crippen molar-refractivity contribution in [2.75, 3.05) is 6.61 Å². The molecule has 98 valence electrons. The van der Waals surface area contributed by atoms with Crippen LogP contribution in [0, 0.1) is 0 Å². The van der Waals surface area contributed by atoms with Crippen LogP contribution in [0.5, 0.6) is 5.75 Å². The van der Waals surface area contributed by atoms with Crippen LogP contribution in [-0.2, 0) is 9.53 Å². The van der Waals surface area contributed by atoms with Gasteiger partial charge in [0.25, 0.3) is 5.91 Å². The molecule has 2 N–H and O–H groups in total. The minimum Gasteiger partial charge on any atom is -0.507 e. The van der Waals surface area contributed by atoms with E-state index in [0.717, 1.165) is 0 Å². The van der Waals surface area contributed by atoms with Crippen molar-refractivity contribution in [3.8, 4) is 5.75 Å². The van der Waals surface area contributed by atoms with Crippen LogP contribution in [0.4, 0.5) is 0 Å². The lowest BCUT2D eigenvalue weighted by Crippen LogP contribution is -2.33. The van der Waals surface area contributed by atoms with Gasteiger partial charge in [0, 0.05) is 10.5 Å². The maximum Gasteiger partial charge on any atom is 0.342 e. The quantitative estimate of drug-likeness (QED) is 0.831. The lowest BCUT2D eigenvalue weighted by molar-refractivity contribution is -0.124. The fraction of sp³-hybridized carbons (Fsp3) is 0.333. The lowest BCUT2D eigenvalue weighted by Gasteiger charge is -2.09. The van der Waals surface area contributed by atoms with E-state index in [0.29, 0.717) is 4.47 Å². The number of halogens is 1. The predicted octanol–water partition coefficient (Wildman–Crippen LogP) is 1.84. The molecule has 5 nitrogen and oxygen atoms in total. The number of esters is 1. The van der Waals surface area contributed by atoms with Crippen molar-refractivity contribution in [1.82, 2.24) is 5.32 Å². The van der Waals surface area contributed by atoms with Crippen LogP contribution in [0.3, 0.4) is 0 Å². The van der Waals surface area contributed by atoms with Gasteiger partial charge in [-0.05, 0) is 32.0 Å². The molecule has 18 heavy (non-hydrogen) atoms. The molecule has 0 saturated heterocycles. The van der Waals surface area contributed by atoms with Gasteiger partial charge in [0.1, 0.15) is 11.3 Å². The van der Waals surface area contributed by atoms with Crippen molar-refractivity contribution in [1.29, 1.82) is 0 Å². The molecule has 6 heteroatoms. The number of hydrogen-bond acceptors (Lipinski definition) is 4. The summed E-state index contributed by atoms with van der Waals surface area (Å²) >= 11 is 3.18. The van der Waals surface area contributed by atoms with E-state index in [4.69, 9.17) is 4.74 Å². The van der Waals surface area contributed by atoms with Crippen LogP contribution in [0.1, 0.15) is 24.2 Å². The third-order valence-corrected chi connectivity index (χ3v) is 2.46. The highest BCUT2D eigenvalue weighted by atomic mass is 79.9. The van der Waals surface area contributed by atoms with Crippen molar-refractivity contribution in [2.24, 2.45) is 0 Å². The highest BCUT2D eigenvalue weighted by Crippen LogP contribution is 2.22. The zero-order chi connectivity index (χ0) is 13.7. The summed E-state index contributed by atoms with van der Waals surface area (Å²) in [6, 6.07) is 4.38. The van der Waals surface area contributed by atoms with E-state index < -0.39 is 5.97 Å². The second kappa shape index (κ2) is 6.39. The van der Waals surface area contributed by atoms with Gasteiger partial charge in [-0.3, -0.25) is 4.79 Å². The van der Waals surface area contributed by atoms with Crippen LogP contribution in [0.15, 0.2) is 22.7 Å². The molecular weight excluding hydrogens is 302 g/mol. The van der Waals surface area contributed by atoms with Gasteiger partial charge in [-0.25, -0.2) is 4.79 Å². The molecular formula is C12H14BrNO4. The van der Waals surface area contributed by atoms with Crippen molar-refractivity contribution in [3.63, 3.8) is 0 Å². The molecule has 0 saturated carbocycles. The Balaban J connectivity index is 2.60. The zero-order valence-electron chi connectivity index (χ0n) is 10.1. The summed E-state index contributed by atoms with van der Waals surface area (Å²) in [5.74, 6) is -1.31. The number of hydrogen-bond donors (Lipinski definition) is 2. The molecule has 1 rings (SSSR count). The number of carbonyl (C=O) groups excluding carboxylic acids is 2. The molecule has 1 aromatic rings. The molecule has 0 aliphatic heterocycles. The molecule has 0 fully saturated rings. The highest BCUT2D eigenvalue weighted by molar-refractivity contribution is 9.10. The van der Waals surface area contributed by atoms with E-state index in [1.807, 2.05) is 0 Å². The molecule has 0 heterocycles. The number of phenolic OH excluding ortho intramolecular Hbond substituents is 1. The number of ether oxygens (including phenoxy) is 1. The van der Waals surface area contributed by atoms with Crippen molar-refractivity contribution < 1.29 is 19.4 Å². The Hall–Kier alpha value is -1.56. The first kappa shape index (κ1) is 14.5. The standard InChI is InChI=1S/C12H14BrNO4/c1-7(2)14-11(16)6-18-12(17)9-5-8(13)3-4-10(9)15/h3-5,7,15H,6H2,1-2H3,(H,14,16). The van der Waals surface area contributed by atoms with Crippen molar-refractivity contribution in [3.05, 3.63) is 28.2 Å². The van der Waals surface area contributed by atoms with Crippen molar-refractivity contribution in [2.45, 2.75) is 19.9 Å². The molecule has 0 spiro atoms. The van der Waals surface area contributed by atoms with Crippen LogP contribution in [0.25, 0.3) is 0 Å². The largest absolute Gasteiger partial charge is 0.507 e. The van der Waals surface area contributed by atoms with Gasteiger partial charge in [0.05, 0.1) is 0 Å². The maximum atomic E-state index is 11.6. The highest BCUT2D eigenvalue weighted by Gasteiger charge is 2.15. The average molecular weight is 316 g/mol. The Morgan fingerprint density at radius 2 is 2.11 bits per heavy atom. The summed E-state index contributed by atoms with van der Waals surface area (Å²) in [5.41, 5.74) is 0.0155. The summed E-state index contributed by atoms with van der Waals surface area (Å²) in [4.78, 5) is 22.9. The number of phenols is 1. The van der Waals surface area contributed by atoms with Crippen LogP contribution >= 0.6 is 15.9 Å². The van der Waals surface area contributed by atoms with E-state index in [2.05, 4.69) is 21.2 Å². The number of aromatic hydroxyl groups is 1. The summed E-state index contributed by atoms with van der Waals surface area (Å²) in [6.45, 7) is 3.24. The van der Waals surface area contributed by atoms with Crippen LogP contribution in [-0.4, -0.2) is 29.6 Å². The lowest BCUT2D eigenvalue weighted by atomic mass is 10.2. The van der Waals surface area contributed by atoms with Gasteiger partial charge in [-0.15, -0.1) is 0 Å². The van der Waals surface area contributed by atoms with Gasteiger partial charge in [0.15, 0.2) is 6.61 Å². The second-order valence-corrected chi connectivity index (χ2v) is 4.88. The number of rotatable bonds is 4. The van der Waals surface area contributed by atoms with Gasteiger partial charge in [0.2, 0.25) is 0 Å². The first-order chi connectivity index (χ1) is 8.40. The number of carbonyl (C=O) groups is 2. The fourth-order valence-electron chi connectivity index (χ4n) is 1.24. The summed E-state index contributed by atoms with van der Waals surface area (Å²) in [6.07, 6.45) is 0. The Morgan fingerprint density at radius 1 is 1.44 bits per heavy atom. The van der Waals surface area contributed by atoms with Gasteiger partial charge >= 0.3 is 5.97 Å². The summed E-state index contributed by atoms with van der Waals surface area (Å²) in [7, 11) is 0. The summed E-state index contributed by atoms with van der Waals surface area (Å²) < 4.78 is 5.43. The molecule has 0 bridgehead atoms. The Bertz CT molecular complexity index is 459. The van der Waals surface area contributed by atoms with E-state index in [-0.39, 0.29) is 29.9 Å².